The molecule has 20 heavy (non-hydrogen) atoms. The van der Waals surface area contributed by atoms with Gasteiger partial charge in [0.2, 0.25) is 5.75 Å². The van der Waals surface area contributed by atoms with E-state index in [2.05, 4.69) is 4.98 Å². The topological polar surface area (TPSA) is 74.4 Å². The zero-order valence-corrected chi connectivity index (χ0v) is 11.6. The Kier molecular flexibility index (Phi) is 3.89. The first kappa shape index (κ1) is 13.9. The van der Waals surface area contributed by atoms with Crippen molar-refractivity contribution in [3.05, 3.63) is 41.6 Å². The van der Waals surface area contributed by atoms with Gasteiger partial charge < -0.3 is 15.2 Å². The molecular weight excluding hydrogens is 256 g/mol. The third-order valence-electron chi connectivity index (χ3n) is 2.91. The van der Waals surface area contributed by atoms with Crippen molar-refractivity contribution in [2.75, 3.05) is 12.8 Å². The Morgan fingerprint density at radius 2 is 2.00 bits per heavy atom. The van der Waals surface area contributed by atoms with Crippen molar-refractivity contribution in [2.24, 2.45) is 0 Å². The van der Waals surface area contributed by atoms with Gasteiger partial charge in [-0.15, -0.1) is 0 Å². The van der Waals surface area contributed by atoms with E-state index >= 15 is 0 Å². The van der Waals surface area contributed by atoms with Crippen LogP contribution in [0.3, 0.4) is 0 Å². The minimum Gasteiger partial charge on any atom is -0.490 e. The number of hydrogen-bond donors (Lipinski definition) is 1. The number of methoxy groups -OCH3 is 1. The molecule has 2 rings (SSSR count). The predicted octanol–water partition coefficient (Wildman–Crippen LogP) is 2.98. The van der Waals surface area contributed by atoms with Crippen molar-refractivity contribution < 1.29 is 14.3 Å². The average molecular weight is 272 g/mol. The number of carbonyl (C=O) groups excluding carboxylic acids is 1. The summed E-state index contributed by atoms with van der Waals surface area (Å²) in [5.41, 5.74) is 7.23. The normalized spacial score (nSPS) is 10.2. The average Bonchev–Trinajstić information content (AvgIpc) is 2.41. The van der Waals surface area contributed by atoms with Crippen molar-refractivity contribution in [1.29, 1.82) is 0 Å². The number of anilines is 1. The highest BCUT2D eigenvalue weighted by molar-refractivity contribution is 5.94. The van der Waals surface area contributed by atoms with Crippen LogP contribution >= 0.6 is 0 Å². The predicted molar refractivity (Wildman–Crippen MR) is 76.5 cm³/mol. The number of Topliss-reactive ketones (excluding diaryl/α,β-unsaturated/α-hetero) is 1. The number of nitrogen functional groups attached to an aromatic ring is 1. The molecule has 0 unspecified atom stereocenters. The summed E-state index contributed by atoms with van der Waals surface area (Å²) in [7, 11) is 1.50. The van der Waals surface area contributed by atoms with Crippen LogP contribution < -0.4 is 15.2 Å². The van der Waals surface area contributed by atoms with E-state index in [4.69, 9.17) is 15.2 Å². The van der Waals surface area contributed by atoms with Crippen LogP contribution in [0.1, 0.15) is 22.8 Å². The molecule has 0 spiro atoms. The maximum Gasteiger partial charge on any atom is 0.204 e. The maximum absolute atomic E-state index is 11.4. The number of benzene rings is 1. The fraction of sp³-hybridized carbons (Fsp3) is 0.200. The molecule has 2 aromatic rings. The first-order chi connectivity index (χ1) is 9.52. The van der Waals surface area contributed by atoms with Crippen LogP contribution in [0.25, 0.3) is 0 Å². The molecule has 0 saturated heterocycles. The first-order valence-electron chi connectivity index (χ1n) is 6.11. The quantitative estimate of drug-likeness (QED) is 0.866. The van der Waals surface area contributed by atoms with Gasteiger partial charge in [-0.3, -0.25) is 4.79 Å². The molecule has 0 radical (unpaired) electrons. The highest BCUT2D eigenvalue weighted by atomic mass is 16.5. The van der Waals surface area contributed by atoms with E-state index in [0.717, 1.165) is 5.56 Å². The van der Waals surface area contributed by atoms with Crippen LogP contribution in [0.4, 0.5) is 5.82 Å². The lowest BCUT2D eigenvalue weighted by Gasteiger charge is -2.13. The van der Waals surface area contributed by atoms with Gasteiger partial charge in [-0.1, -0.05) is 12.1 Å². The lowest BCUT2D eigenvalue weighted by molar-refractivity contribution is 0.101. The molecule has 0 fully saturated rings. The van der Waals surface area contributed by atoms with Gasteiger partial charge in [0.05, 0.1) is 7.11 Å². The largest absolute Gasteiger partial charge is 0.490 e. The molecule has 1 aromatic carbocycles. The van der Waals surface area contributed by atoms with E-state index < -0.39 is 0 Å². The Morgan fingerprint density at radius 1 is 1.25 bits per heavy atom. The Labute approximate surface area is 117 Å². The van der Waals surface area contributed by atoms with Crippen LogP contribution in [0, 0.1) is 6.92 Å². The van der Waals surface area contributed by atoms with Crippen molar-refractivity contribution in [2.45, 2.75) is 13.8 Å². The van der Waals surface area contributed by atoms with Crippen LogP contribution in [0.5, 0.6) is 17.2 Å². The number of nitrogens with two attached hydrogens (primary N) is 1. The number of ether oxygens (including phenoxy) is 2. The molecule has 0 bridgehead atoms. The Bertz CT molecular complexity index is 654. The van der Waals surface area contributed by atoms with Gasteiger partial charge in [-0.2, -0.15) is 0 Å². The second-order valence-corrected chi connectivity index (χ2v) is 4.37. The van der Waals surface area contributed by atoms with E-state index in [1.807, 2.05) is 13.0 Å². The summed E-state index contributed by atoms with van der Waals surface area (Å²) in [5, 5.41) is 0. The van der Waals surface area contributed by atoms with Gasteiger partial charge in [0.25, 0.3) is 0 Å². The fourth-order valence-electron chi connectivity index (χ4n) is 1.78. The number of aromatic nitrogens is 1. The van der Waals surface area contributed by atoms with E-state index in [9.17, 15) is 4.79 Å². The highest BCUT2D eigenvalue weighted by Crippen LogP contribution is 2.36. The smallest absolute Gasteiger partial charge is 0.204 e. The van der Waals surface area contributed by atoms with Crippen LogP contribution in [0.15, 0.2) is 30.5 Å². The molecule has 0 amide bonds. The second kappa shape index (κ2) is 5.61. The Balaban J connectivity index is 2.42. The molecule has 1 aromatic heterocycles. The van der Waals surface area contributed by atoms with Gasteiger partial charge in [0, 0.05) is 17.8 Å². The number of nitrogens with zero attached hydrogens (tertiary/aromatic N) is 1. The lowest BCUT2D eigenvalue weighted by Crippen LogP contribution is -1.99. The standard InChI is InChI=1S/C15H16N2O3/c1-9-4-5-11(10(2)18)8-13(9)20-12-6-7-17-15(16)14(12)19-3/h4-8H,1-3H3,(H2,16,17). The fourth-order valence-corrected chi connectivity index (χ4v) is 1.78. The van der Waals surface area contributed by atoms with Gasteiger partial charge in [0.1, 0.15) is 5.75 Å². The molecule has 5 heteroatoms. The minimum absolute atomic E-state index is 0.0175. The Morgan fingerprint density at radius 3 is 2.65 bits per heavy atom. The summed E-state index contributed by atoms with van der Waals surface area (Å²) in [4.78, 5) is 15.4. The third-order valence-corrected chi connectivity index (χ3v) is 2.91. The van der Waals surface area contributed by atoms with E-state index in [-0.39, 0.29) is 11.6 Å². The molecule has 1 heterocycles. The van der Waals surface area contributed by atoms with Gasteiger partial charge in [0.15, 0.2) is 17.4 Å². The van der Waals surface area contributed by atoms with Crippen molar-refractivity contribution in [1.82, 2.24) is 4.98 Å². The van der Waals surface area contributed by atoms with Crippen LogP contribution in [0.2, 0.25) is 0 Å². The zero-order chi connectivity index (χ0) is 14.7. The van der Waals surface area contributed by atoms with E-state index in [1.54, 1.807) is 18.2 Å². The van der Waals surface area contributed by atoms with Crippen molar-refractivity contribution in [3.8, 4) is 17.2 Å². The molecule has 0 aliphatic carbocycles. The van der Waals surface area contributed by atoms with E-state index in [0.29, 0.717) is 22.8 Å². The third kappa shape index (κ3) is 2.71. The highest BCUT2D eigenvalue weighted by Gasteiger charge is 2.12. The van der Waals surface area contributed by atoms with Gasteiger partial charge in [-0.05, 0) is 25.5 Å². The zero-order valence-electron chi connectivity index (χ0n) is 11.6. The number of pyridine rings is 1. The first-order valence-corrected chi connectivity index (χ1v) is 6.11. The molecule has 104 valence electrons. The maximum atomic E-state index is 11.4. The number of ketones is 1. The molecule has 2 N–H and O–H groups in total. The van der Waals surface area contributed by atoms with E-state index in [1.165, 1.54) is 20.2 Å². The van der Waals surface area contributed by atoms with Crippen LogP contribution in [-0.2, 0) is 0 Å². The van der Waals surface area contributed by atoms with Crippen molar-refractivity contribution in [3.63, 3.8) is 0 Å². The lowest BCUT2D eigenvalue weighted by atomic mass is 10.1. The van der Waals surface area contributed by atoms with Gasteiger partial charge >= 0.3 is 0 Å². The second-order valence-electron chi connectivity index (χ2n) is 4.37. The molecular formula is C15H16N2O3. The summed E-state index contributed by atoms with van der Waals surface area (Å²) in [5.74, 6) is 1.66. The molecule has 5 nitrogen and oxygen atoms in total. The number of hydrogen-bond acceptors (Lipinski definition) is 5. The SMILES string of the molecule is COc1c(Oc2cc(C(C)=O)ccc2C)ccnc1N. The summed E-state index contributed by atoms with van der Waals surface area (Å²) in [6, 6.07) is 6.97. The number of rotatable bonds is 4. The van der Waals surface area contributed by atoms with Gasteiger partial charge in [-0.25, -0.2) is 4.98 Å². The number of carbonyl (C=O) groups is 1. The summed E-state index contributed by atoms with van der Waals surface area (Å²) in [6.45, 7) is 3.41. The monoisotopic (exact) mass is 272 g/mol. The van der Waals surface area contributed by atoms with Crippen molar-refractivity contribution >= 4 is 11.6 Å². The van der Waals surface area contributed by atoms with Crippen LogP contribution in [-0.4, -0.2) is 17.9 Å². The number of aryl methyl sites for hydroxylation is 1. The molecule has 0 aliphatic heterocycles. The molecule has 0 atom stereocenters. The minimum atomic E-state index is -0.0175. The summed E-state index contributed by atoms with van der Waals surface area (Å²) < 4.78 is 11.0. The summed E-state index contributed by atoms with van der Waals surface area (Å²) in [6.07, 6.45) is 1.54. The summed E-state index contributed by atoms with van der Waals surface area (Å²) >= 11 is 0. The molecule has 0 saturated carbocycles. The molecule has 0 aliphatic rings. The Hall–Kier alpha value is -2.56.